The third-order valence-corrected chi connectivity index (χ3v) is 4.59. The van der Waals surface area contributed by atoms with Crippen molar-refractivity contribution in [1.82, 2.24) is 5.32 Å². The van der Waals surface area contributed by atoms with E-state index >= 15 is 0 Å². The van der Waals surface area contributed by atoms with Crippen LogP contribution in [-0.4, -0.2) is 30.8 Å². The molecular formula is C19H20ClNO3S. The lowest BCUT2D eigenvalue weighted by Crippen LogP contribution is -2.30. The number of hydrogen-bond acceptors (Lipinski definition) is 4. The molecule has 2 rings (SSSR count). The Labute approximate surface area is 156 Å². The van der Waals surface area contributed by atoms with Crippen LogP contribution < -0.4 is 5.32 Å². The number of thioether (sulfide) groups is 1. The summed E-state index contributed by atoms with van der Waals surface area (Å²) < 4.78 is 4.97. The molecular weight excluding hydrogens is 358 g/mol. The Morgan fingerprint density at radius 3 is 2.44 bits per heavy atom. The van der Waals surface area contributed by atoms with Crippen molar-refractivity contribution in [3.8, 4) is 0 Å². The van der Waals surface area contributed by atoms with Crippen molar-refractivity contribution in [2.75, 3.05) is 18.9 Å². The molecule has 1 amide bonds. The Hall–Kier alpha value is -1.98. The van der Waals surface area contributed by atoms with Crippen LogP contribution >= 0.6 is 23.4 Å². The van der Waals surface area contributed by atoms with Gasteiger partial charge in [-0.25, -0.2) is 0 Å². The minimum atomic E-state index is -0.434. The summed E-state index contributed by atoms with van der Waals surface area (Å²) in [4.78, 5) is 23.4. The van der Waals surface area contributed by atoms with Gasteiger partial charge in [-0.3, -0.25) is 9.59 Å². The van der Waals surface area contributed by atoms with Gasteiger partial charge in [-0.2, -0.15) is 11.8 Å². The fourth-order valence-corrected chi connectivity index (χ4v) is 2.99. The second-order valence-electron chi connectivity index (χ2n) is 5.35. The first-order valence-electron chi connectivity index (χ1n) is 7.92. The molecule has 25 heavy (non-hydrogen) atoms. The molecule has 0 radical (unpaired) electrons. The van der Waals surface area contributed by atoms with E-state index in [1.807, 2.05) is 18.2 Å². The van der Waals surface area contributed by atoms with E-state index in [1.165, 1.54) is 5.56 Å². The topological polar surface area (TPSA) is 55.4 Å². The highest BCUT2D eigenvalue weighted by atomic mass is 35.5. The second-order valence-corrected chi connectivity index (χ2v) is 6.89. The van der Waals surface area contributed by atoms with E-state index in [0.29, 0.717) is 11.6 Å². The van der Waals surface area contributed by atoms with Crippen molar-refractivity contribution >= 4 is 35.2 Å². The Balaban J connectivity index is 1.54. The molecule has 0 saturated carbocycles. The lowest BCUT2D eigenvalue weighted by Gasteiger charge is -2.07. The maximum absolute atomic E-state index is 11.7. The predicted molar refractivity (Wildman–Crippen MR) is 102 cm³/mol. The van der Waals surface area contributed by atoms with Gasteiger partial charge in [-0.15, -0.1) is 0 Å². The van der Waals surface area contributed by atoms with Crippen LogP contribution in [0.5, 0.6) is 0 Å². The van der Waals surface area contributed by atoms with Gasteiger partial charge in [0.1, 0.15) is 0 Å². The molecule has 0 atom stereocenters. The van der Waals surface area contributed by atoms with Gasteiger partial charge in [0.25, 0.3) is 5.91 Å². The van der Waals surface area contributed by atoms with Gasteiger partial charge in [0.2, 0.25) is 0 Å². The van der Waals surface area contributed by atoms with Crippen molar-refractivity contribution in [1.29, 1.82) is 0 Å². The van der Waals surface area contributed by atoms with Crippen molar-refractivity contribution in [2.45, 2.75) is 12.2 Å². The van der Waals surface area contributed by atoms with Crippen LogP contribution in [0.4, 0.5) is 0 Å². The smallest absolute Gasteiger partial charge is 0.310 e. The minimum Gasteiger partial charge on any atom is -0.455 e. The van der Waals surface area contributed by atoms with Crippen LogP contribution in [-0.2, 0) is 26.5 Å². The molecule has 132 valence electrons. The third-order valence-electron chi connectivity index (χ3n) is 3.31. The fraction of sp³-hybridized carbons (Fsp3) is 0.263. The van der Waals surface area contributed by atoms with E-state index in [2.05, 4.69) is 17.4 Å². The Morgan fingerprint density at radius 2 is 1.72 bits per heavy atom. The first-order valence-corrected chi connectivity index (χ1v) is 9.45. The van der Waals surface area contributed by atoms with Crippen molar-refractivity contribution in [3.63, 3.8) is 0 Å². The molecule has 0 aliphatic rings. The second kappa shape index (κ2) is 10.8. The molecule has 0 aromatic heterocycles. The first kappa shape index (κ1) is 19.3. The van der Waals surface area contributed by atoms with Gasteiger partial charge >= 0.3 is 5.97 Å². The molecule has 0 heterocycles. The summed E-state index contributed by atoms with van der Waals surface area (Å²) in [6.45, 7) is 0.293. The minimum absolute atomic E-state index is 0.122. The summed E-state index contributed by atoms with van der Waals surface area (Å²) in [5, 5.41) is 3.35. The van der Waals surface area contributed by atoms with Gasteiger partial charge in [0.05, 0.1) is 6.42 Å². The number of benzene rings is 2. The highest BCUT2D eigenvalue weighted by molar-refractivity contribution is 7.98. The number of esters is 1. The van der Waals surface area contributed by atoms with E-state index < -0.39 is 5.97 Å². The molecule has 6 heteroatoms. The van der Waals surface area contributed by atoms with Crippen LogP contribution in [0, 0.1) is 0 Å². The average Bonchev–Trinajstić information content (AvgIpc) is 2.62. The van der Waals surface area contributed by atoms with E-state index in [1.54, 1.807) is 36.0 Å². The summed E-state index contributed by atoms with van der Waals surface area (Å²) in [5.74, 6) is 0.993. The van der Waals surface area contributed by atoms with E-state index in [-0.39, 0.29) is 18.9 Å². The average molecular weight is 378 g/mol. The van der Waals surface area contributed by atoms with Gasteiger partial charge < -0.3 is 10.1 Å². The Kier molecular flexibility index (Phi) is 8.35. The normalized spacial score (nSPS) is 10.3. The number of carbonyl (C=O) groups excluding carboxylic acids is 2. The highest BCUT2D eigenvalue weighted by Gasteiger charge is 2.08. The third kappa shape index (κ3) is 8.09. The molecule has 0 aliphatic heterocycles. The van der Waals surface area contributed by atoms with Gasteiger partial charge in [-0.05, 0) is 23.3 Å². The van der Waals surface area contributed by atoms with Gasteiger partial charge in [0, 0.05) is 23.1 Å². The molecule has 0 spiro atoms. The van der Waals surface area contributed by atoms with Crippen LogP contribution in [0.3, 0.4) is 0 Å². The number of carbonyl (C=O) groups is 2. The van der Waals surface area contributed by atoms with Gasteiger partial charge in [-0.1, -0.05) is 54.1 Å². The zero-order valence-corrected chi connectivity index (χ0v) is 15.3. The predicted octanol–water partition coefficient (Wildman–Crippen LogP) is 3.48. The molecule has 4 nitrogen and oxygen atoms in total. The molecule has 2 aromatic rings. The summed E-state index contributed by atoms with van der Waals surface area (Å²) in [6, 6.07) is 17.1. The van der Waals surface area contributed by atoms with Gasteiger partial charge in [0.15, 0.2) is 6.61 Å². The van der Waals surface area contributed by atoms with Crippen LogP contribution in [0.15, 0.2) is 54.6 Å². The van der Waals surface area contributed by atoms with Crippen molar-refractivity contribution in [2.24, 2.45) is 0 Å². The molecule has 2 aromatic carbocycles. The largest absolute Gasteiger partial charge is 0.455 e. The maximum atomic E-state index is 11.7. The summed E-state index contributed by atoms with van der Waals surface area (Å²) in [7, 11) is 0. The van der Waals surface area contributed by atoms with Crippen LogP contribution in [0.1, 0.15) is 11.1 Å². The summed E-state index contributed by atoms with van der Waals surface area (Å²) in [6.07, 6.45) is 0.122. The van der Waals surface area contributed by atoms with Crippen molar-refractivity contribution in [3.05, 3.63) is 70.7 Å². The lowest BCUT2D eigenvalue weighted by molar-refractivity contribution is -0.147. The number of amides is 1. The monoisotopic (exact) mass is 377 g/mol. The zero-order chi connectivity index (χ0) is 17.9. The quantitative estimate of drug-likeness (QED) is 0.537. The van der Waals surface area contributed by atoms with Crippen LogP contribution in [0.25, 0.3) is 0 Å². The zero-order valence-electron chi connectivity index (χ0n) is 13.7. The van der Waals surface area contributed by atoms with Crippen LogP contribution in [0.2, 0.25) is 5.02 Å². The number of hydrogen-bond donors (Lipinski definition) is 1. The maximum Gasteiger partial charge on any atom is 0.310 e. The first-order chi connectivity index (χ1) is 12.1. The van der Waals surface area contributed by atoms with Crippen molar-refractivity contribution < 1.29 is 14.3 Å². The number of ether oxygens (including phenoxy) is 1. The summed E-state index contributed by atoms with van der Waals surface area (Å²) >= 11 is 7.53. The molecule has 0 unspecified atom stereocenters. The molecule has 0 fully saturated rings. The number of nitrogens with one attached hydrogen (secondary N) is 1. The molecule has 0 saturated heterocycles. The lowest BCUT2D eigenvalue weighted by atomic mass is 10.1. The Morgan fingerprint density at radius 1 is 1.00 bits per heavy atom. The van der Waals surface area contributed by atoms with E-state index in [9.17, 15) is 9.59 Å². The van der Waals surface area contributed by atoms with E-state index in [4.69, 9.17) is 16.3 Å². The fourth-order valence-electron chi connectivity index (χ4n) is 2.04. The number of halogens is 1. The number of rotatable bonds is 9. The molecule has 0 aliphatic carbocycles. The summed E-state index contributed by atoms with van der Waals surface area (Å²) in [5.41, 5.74) is 2.06. The standard InChI is InChI=1S/C19H20ClNO3S/c20-17-8-6-15(7-9-17)12-19(23)24-13-18(22)21-10-11-25-14-16-4-2-1-3-5-16/h1-9H,10-14H2,(H,21,22). The SMILES string of the molecule is O=C(COC(=O)Cc1ccc(Cl)cc1)NCCSCc1ccccc1. The highest BCUT2D eigenvalue weighted by Crippen LogP contribution is 2.11. The van der Waals surface area contributed by atoms with E-state index in [0.717, 1.165) is 17.1 Å². The molecule has 1 N–H and O–H groups in total. The molecule has 0 bridgehead atoms. The Bertz CT molecular complexity index is 677.